The number of ether oxygens (including phenoxy) is 1. The van der Waals surface area contributed by atoms with Gasteiger partial charge in [0.25, 0.3) is 0 Å². The van der Waals surface area contributed by atoms with Crippen LogP contribution in [0.5, 0.6) is 5.75 Å². The van der Waals surface area contributed by atoms with Gasteiger partial charge < -0.3 is 20.5 Å². The molecule has 2 unspecified atom stereocenters. The number of amides is 2. The van der Waals surface area contributed by atoms with Crippen LogP contribution < -0.4 is 15.4 Å². The fourth-order valence-corrected chi connectivity index (χ4v) is 1.82. The Balaban J connectivity index is 2.32. The number of rotatable bonds is 7. The van der Waals surface area contributed by atoms with Crippen LogP contribution in [0, 0.1) is 0 Å². The topological polar surface area (TPSA) is 70.6 Å². The van der Waals surface area contributed by atoms with Gasteiger partial charge >= 0.3 is 6.03 Å². The second-order valence-corrected chi connectivity index (χ2v) is 4.95. The highest BCUT2D eigenvalue weighted by molar-refractivity contribution is 5.74. The summed E-state index contributed by atoms with van der Waals surface area (Å²) < 4.78 is 5.12. The molecule has 5 heteroatoms. The predicted molar refractivity (Wildman–Crippen MR) is 79.1 cm³/mol. The highest BCUT2D eigenvalue weighted by Gasteiger charge is 2.08. The second-order valence-electron chi connectivity index (χ2n) is 4.95. The molecule has 0 aromatic heterocycles. The first-order chi connectivity index (χ1) is 9.56. The molecule has 3 N–H and O–H groups in total. The first-order valence-corrected chi connectivity index (χ1v) is 6.86. The van der Waals surface area contributed by atoms with E-state index in [0.29, 0.717) is 12.5 Å². The van der Waals surface area contributed by atoms with Gasteiger partial charge in [-0.05, 0) is 37.0 Å². The molecule has 1 aromatic rings. The Morgan fingerprint density at radius 1 is 1.30 bits per heavy atom. The summed E-state index contributed by atoms with van der Waals surface area (Å²) >= 11 is 0. The molecule has 2 atom stereocenters. The molecule has 0 aliphatic rings. The Hall–Kier alpha value is -1.75. The third-order valence-electron chi connectivity index (χ3n) is 3.20. The van der Waals surface area contributed by atoms with Gasteiger partial charge in [-0.25, -0.2) is 4.79 Å². The summed E-state index contributed by atoms with van der Waals surface area (Å²) in [6.45, 7) is 4.41. The van der Waals surface area contributed by atoms with Crippen LogP contribution in [-0.4, -0.2) is 37.4 Å². The van der Waals surface area contributed by atoms with Crippen molar-refractivity contribution >= 4 is 6.03 Å². The molecule has 0 fully saturated rings. The molecular weight excluding hydrogens is 256 g/mol. The average molecular weight is 280 g/mol. The molecule has 1 rings (SSSR count). The fraction of sp³-hybridized carbons (Fsp3) is 0.533. The summed E-state index contributed by atoms with van der Waals surface area (Å²) in [6.07, 6.45) is 0.854. The Bertz CT molecular complexity index is 406. The van der Waals surface area contributed by atoms with Crippen molar-refractivity contribution in [2.75, 3.05) is 20.3 Å². The molecule has 0 spiro atoms. The molecule has 1 aromatic carbocycles. The lowest BCUT2D eigenvalue weighted by atomic mass is 9.98. The van der Waals surface area contributed by atoms with E-state index in [2.05, 4.69) is 17.6 Å². The predicted octanol–water partition coefficient (Wildman–Crippen LogP) is 1.87. The van der Waals surface area contributed by atoms with E-state index in [0.717, 1.165) is 12.2 Å². The number of hydrogen-bond acceptors (Lipinski definition) is 3. The van der Waals surface area contributed by atoms with Crippen LogP contribution >= 0.6 is 0 Å². The van der Waals surface area contributed by atoms with Gasteiger partial charge in [0.1, 0.15) is 5.75 Å². The number of carbonyl (C=O) groups excluding carboxylic acids is 1. The quantitative estimate of drug-likeness (QED) is 0.714. The zero-order valence-corrected chi connectivity index (χ0v) is 12.3. The number of urea groups is 1. The molecular formula is C15H24N2O3. The first-order valence-electron chi connectivity index (χ1n) is 6.86. The summed E-state index contributed by atoms with van der Waals surface area (Å²) in [5, 5.41) is 14.3. The number of aliphatic hydroxyl groups is 1. The second kappa shape index (κ2) is 8.43. The third kappa shape index (κ3) is 5.48. The number of nitrogens with one attached hydrogen (secondary N) is 2. The number of benzene rings is 1. The molecule has 0 aliphatic heterocycles. The van der Waals surface area contributed by atoms with Gasteiger partial charge in [0.05, 0.1) is 19.8 Å². The highest BCUT2D eigenvalue weighted by atomic mass is 16.5. The summed E-state index contributed by atoms with van der Waals surface area (Å²) in [6, 6.07) is 7.49. The number of hydrogen-bond donors (Lipinski definition) is 3. The monoisotopic (exact) mass is 280 g/mol. The van der Waals surface area contributed by atoms with Crippen molar-refractivity contribution in [3.63, 3.8) is 0 Å². The summed E-state index contributed by atoms with van der Waals surface area (Å²) in [5.41, 5.74) is 1.22. The van der Waals surface area contributed by atoms with E-state index in [-0.39, 0.29) is 18.7 Å². The lowest BCUT2D eigenvalue weighted by Gasteiger charge is -2.15. The molecule has 0 saturated heterocycles. The van der Waals surface area contributed by atoms with Crippen LogP contribution in [0.2, 0.25) is 0 Å². The average Bonchev–Trinajstić information content (AvgIpc) is 2.47. The van der Waals surface area contributed by atoms with E-state index in [1.54, 1.807) is 14.0 Å². The Morgan fingerprint density at radius 2 is 1.95 bits per heavy atom. The van der Waals surface area contributed by atoms with Crippen molar-refractivity contribution in [1.82, 2.24) is 10.6 Å². The van der Waals surface area contributed by atoms with Crippen LogP contribution in [0.3, 0.4) is 0 Å². The molecule has 20 heavy (non-hydrogen) atoms. The smallest absolute Gasteiger partial charge is 0.315 e. The van der Waals surface area contributed by atoms with Gasteiger partial charge in [-0.2, -0.15) is 0 Å². The molecule has 5 nitrogen and oxygen atoms in total. The molecule has 0 radical (unpaired) electrons. The molecule has 112 valence electrons. The summed E-state index contributed by atoms with van der Waals surface area (Å²) in [7, 11) is 1.65. The molecule has 0 heterocycles. The molecule has 0 saturated carbocycles. The number of methoxy groups -OCH3 is 1. The minimum atomic E-state index is -0.242. The summed E-state index contributed by atoms with van der Waals surface area (Å²) in [4.78, 5) is 11.5. The van der Waals surface area contributed by atoms with Crippen LogP contribution in [0.1, 0.15) is 31.7 Å². The number of carbonyl (C=O) groups is 1. The Morgan fingerprint density at radius 3 is 2.50 bits per heavy atom. The molecule has 2 amide bonds. The maximum atomic E-state index is 11.5. The van der Waals surface area contributed by atoms with Crippen molar-refractivity contribution < 1.29 is 14.6 Å². The molecule has 0 aliphatic carbocycles. The van der Waals surface area contributed by atoms with Crippen LogP contribution in [0.4, 0.5) is 4.79 Å². The van der Waals surface area contributed by atoms with E-state index in [1.807, 2.05) is 24.3 Å². The van der Waals surface area contributed by atoms with Crippen molar-refractivity contribution in [2.24, 2.45) is 0 Å². The van der Waals surface area contributed by atoms with E-state index in [4.69, 9.17) is 9.84 Å². The van der Waals surface area contributed by atoms with Crippen molar-refractivity contribution in [2.45, 2.75) is 32.2 Å². The maximum Gasteiger partial charge on any atom is 0.315 e. The highest BCUT2D eigenvalue weighted by Crippen LogP contribution is 2.21. The van der Waals surface area contributed by atoms with Gasteiger partial charge in [0.15, 0.2) is 0 Å². The SMILES string of the molecule is COc1ccc(C(C)CCNC(=O)NC(C)CO)cc1. The van der Waals surface area contributed by atoms with E-state index < -0.39 is 0 Å². The Kier molecular flexibility index (Phi) is 6.87. The third-order valence-corrected chi connectivity index (χ3v) is 3.20. The first kappa shape index (κ1) is 16.3. The van der Waals surface area contributed by atoms with Gasteiger partial charge in [0, 0.05) is 6.54 Å². The fourth-order valence-electron chi connectivity index (χ4n) is 1.82. The van der Waals surface area contributed by atoms with Gasteiger partial charge in [-0.3, -0.25) is 0 Å². The Labute approximate surface area is 120 Å². The molecule has 0 bridgehead atoms. The van der Waals surface area contributed by atoms with E-state index >= 15 is 0 Å². The summed E-state index contributed by atoms with van der Waals surface area (Å²) in [5.74, 6) is 1.20. The van der Waals surface area contributed by atoms with E-state index in [9.17, 15) is 4.79 Å². The van der Waals surface area contributed by atoms with Gasteiger partial charge in [-0.15, -0.1) is 0 Å². The zero-order valence-electron chi connectivity index (χ0n) is 12.3. The van der Waals surface area contributed by atoms with Gasteiger partial charge in [-0.1, -0.05) is 19.1 Å². The van der Waals surface area contributed by atoms with E-state index in [1.165, 1.54) is 5.56 Å². The normalized spacial score (nSPS) is 13.4. The standard InChI is InChI=1S/C15H24N2O3/c1-11(13-4-6-14(20-3)7-5-13)8-9-16-15(19)17-12(2)10-18/h4-7,11-12,18H,8-10H2,1-3H3,(H2,16,17,19). The number of aliphatic hydroxyl groups excluding tert-OH is 1. The minimum absolute atomic E-state index is 0.0599. The van der Waals surface area contributed by atoms with Gasteiger partial charge in [0.2, 0.25) is 0 Å². The van der Waals surface area contributed by atoms with Crippen molar-refractivity contribution in [3.05, 3.63) is 29.8 Å². The minimum Gasteiger partial charge on any atom is -0.497 e. The van der Waals surface area contributed by atoms with Crippen molar-refractivity contribution in [3.8, 4) is 5.75 Å². The largest absolute Gasteiger partial charge is 0.497 e. The lowest BCUT2D eigenvalue weighted by Crippen LogP contribution is -2.42. The van der Waals surface area contributed by atoms with Crippen LogP contribution in [0.25, 0.3) is 0 Å². The van der Waals surface area contributed by atoms with Crippen LogP contribution in [0.15, 0.2) is 24.3 Å². The van der Waals surface area contributed by atoms with Crippen molar-refractivity contribution in [1.29, 1.82) is 0 Å². The maximum absolute atomic E-state index is 11.5. The van der Waals surface area contributed by atoms with Crippen LogP contribution in [-0.2, 0) is 0 Å². The zero-order chi connectivity index (χ0) is 15.0. The lowest BCUT2D eigenvalue weighted by molar-refractivity contribution is 0.220.